The molecule has 0 saturated carbocycles. The van der Waals surface area contributed by atoms with Gasteiger partial charge in [-0.25, -0.2) is 4.79 Å². The zero-order chi connectivity index (χ0) is 14.4. The smallest absolute Gasteiger partial charge is 0.337 e. The van der Waals surface area contributed by atoms with Crippen molar-refractivity contribution in [3.63, 3.8) is 0 Å². The van der Waals surface area contributed by atoms with Gasteiger partial charge in [-0.2, -0.15) is 0 Å². The minimum atomic E-state index is -0.278. The molecular weight excluding hydrogens is 252 g/mol. The Hall–Kier alpha value is -1.55. The minimum Gasteiger partial charge on any atom is -0.465 e. The molecule has 1 atom stereocenters. The van der Waals surface area contributed by atoms with Crippen molar-refractivity contribution < 1.29 is 9.53 Å². The molecule has 0 unspecified atom stereocenters. The molecule has 1 aliphatic rings. The van der Waals surface area contributed by atoms with Crippen LogP contribution in [-0.4, -0.2) is 38.8 Å². The lowest BCUT2D eigenvalue weighted by Gasteiger charge is -2.38. The van der Waals surface area contributed by atoms with Crippen molar-refractivity contribution in [2.75, 3.05) is 31.6 Å². The molecule has 1 aromatic rings. The van der Waals surface area contributed by atoms with Crippen molar-refractivity contribution in [1.29, 1.82) is 0 Å². The number of carbonyl (C=O) groups excluding carboxylic acids is 1. The van der Waals surface area contributed by atoms with E-state index < -0.39 is 0 Å². The molecule has 1 saturated heterocycles. The van der Waals surface area contributed by atoms with Crippen molar-refractivity contribution in [1.82, 2.24) is 5.32 Å². The number of nitrogens with one attached hydrogen (secondary N) is 1. The van der Waals surface area contributed by atoms with E-state index in [9.17, 15) is 4.79 Å². The molecule has 2 rings (SSSR count). The minimum absolute atomic E-state index is 0.278. The molecule has 1 aliphatic heterocycles. The molecule has 110 valence electrons. The maximum Gasteiger partial charge on any atom is 0.337 e. The third kappa shape index (κ3) is 3.51. The lowest BCUT2D eigenvalue weighted by molar-refractivity contribution is 0.0601. The molecule has 4 nitrogen and oxygen atoms in total. The van der Waals surface area contributed by atoms with Gasteiger partial charge in [-0.1, -0.05) is 19.8 Å². The monoisotopic (exact) mass is 276 g/mol. The summed E-state index contributed by atoms with van der Waals surface area (Å²) >= 11 is 0. The predicted molar refractivity (Wildman–Crippen MR) is 81.3 cm³/mol. The van der Waals surface area contributed by atoms with E-state index in [1.165, 1.54) is 32.1 Å². The summed E-state index contributed by atoms with van der Waals surface area (Å²) in [6, 6.07) is 8.29. The number of nitrogens with zero attached hydrogens (tertiary/aromatic N) is 1. The van der Waals surface area contributed by atoms with Crippen LogP contribution in [0.4, 0.5) is 5.69 Å². The maximum atomic E-state index is 11.5. The third-order valence-electron chi connectivity index (χ3n) is 3.86. The summed E-state index contributed by atoms with van der Waals surface area (Å²) in [5.41, 5.74) is 1.80. The number of hydrogen-bond acceptors (Lipinski definition) is 4. The summed E-state index contributed by atoms with van der Waals surface area (Å²) in [5, 5.41) is 3.47. The van der Waals surface area contributed by atoms with E-state index in [4.69, 9.17) is 4.74 Å². The van der Waals surface area contributed by atoms with Gasteiger partial charge in [-0.05, 0) is 30.7 Å². The summed E-state index contributed by atoms with van der Waals surface area (Å²) in [7, 11) is 1.41. The lowest BCUT2D eigenvalue weighted by Crippen LogP contribution is -2.51. The Balaban J connectivity index is 2.09. The highest BCUT2D eigenvalue weighted by Crippen LogP contribution is 2.22. The second-order valence-electron chi connectivity index (χ2n) is 5.23. The number of anilines is 1. The summed E-state index contributed by atoms with van der Waals surface area (Å²) in [5.74, 6) is -0.278. The maximum absolute atomic E-state index is 11.5. The standard InChI is InChI=1S/C16H24N2O2/c1-3-4-5-15-12-17-10-11-18(15)14-8-6-13(7-9-14)16(19)20-2/h6-9,15,17H,3-5,10-12H2,1-2H3/t15-/m1/s1. The Labute approximate surface area is 121 Å². The summed E-state index contributed by atoms with van der Waals surface area (Å²) < 4.78 is 4.73. The first kappa shape index (κ1) is 14.9. The van der Waals surface area contributed by atoms with Crippen molar-refractivity contribution in [2.45, 2.75) is 32.2 Å². The van der Waals surface area contributed by atoms with Crippen molar-refractivity contribution in [3.05, 3.63) is 29.8 Å². The Morgan fingerprint density at radius 3 is 2.80 bits per heavy atom. The largest absolute Gasteiger partial charge is 0.465 e. The number of carbonyl (C=O) groups is 1. The van der Waals surface area contributed by atoms with Crippen molar-refractivity contribution in [3.8, 4) is 0 Å². The van der Waals surface area contributed by atoms with E-state index in [0.29, 0.717) is 11.6 Å². The lowest BCUT2D eigenvalue weighted by atomic mass is 10.0. The van der Waals surface area contributed by atoms with Crippen LogP contribution in [0.3, 0.4) is 0 Å². The van der Waals surface area contributed by atoms with Gasteiger partial charge in [0.15, 0.2) is 0 Å². The SMILES string of the molecule is CCCC[C@@H]1CNCCN1c1ccc(C(=O)OC)cc1. The number of benzene rings is 1. The summed E-state index contributed by atoms with van der Waals surface area (Å²) in [4.78, 5) is 13.9. The van der Waals surface area contributed by atoms with Crippen LogP contribution in [0.2, 0.25) is 0 Å². The van der Waals surface area contributed by atoms with Crippen LogP contribution >= 0.6 is 0 Å². The second kappa shape index (κ2) is 7.29. The molecule has 0 spiro atoms. The summed E-state index contributed by atoms with van der Waals surface area (Å²) in [6.45, 7) is 5.30. The first-order valence-corrected chi connectivity index (χ1v) is 7.42. The molecule has 1 heterocycles. The fraction of sp³-hybridized carbons (Fsp3) is 0.562. The molecule has 0 aliphatic carbocycles. The number of esters is 1. The van der Waals surface area contributed by atoms with Gasteiger partial charge >= 0.3 is 5.97 Å². The molecule has 1 N–H and O–H groups in total. The average Bonchev–Trinajstić information content (AvgIpc) is 2.52. The number of rotatable bonds is 5. The zero-order valence-corrected chi connectivity index (χ0v) is 12.4. The van der Waals surface area contributed by atoms with Gasteiger partial charge in [-0.15, -0.1) is 0 Å². The van der Waals surface area contributed by atoms with Crippen molar-refractivity contribution >= 4 is 11.7 Å². The molecule has 20 heavy (non-hydrogen) atoms. The van der Waals surface area contributed by atoms with Crippen LogP contribution in [0.1, 0.15) is 36.5 Å². The third-order valence-corrected chi connectivity index (χ3v) is 3.86. The Morgan fingerprint density at radius 1 is 1.40 bits per heavy atom. The molecular formula is C16H24N2O2. The fourth-order valence-electron chi connectivity index (χ4n) is 2.71. The van der Waals surface area contributed by atoms with Gasteiger partial charge in [0.25, 0.3) is 0 Å². The first-order valence-electron chi connectivity index (χ1n) is 7.42. The van der Waals surface area contributed by atoms with Crippen molar-refractivity contribution in [2.24, 2.45) is 0 Å². The highest BCUT2D eigenvalue weighted by molar-refractivity contribution is 5.89. The molecule has 1 fully saturated rings. The van der Waals surface area contributed by atoms with Crippen LogP contribution in [0, 0.1) is 0 Å². The van der Waals surface area contributed by atoms with Crippen LogP contribution in [0.25, 0.3) is 0 Å². The highest BCUT2D eigenvalue weighted by atomic mass is 16.5. The van der Waals surface area contributed by atoms with E-state index in [1.54, 1.807) is 0 Å². The van der Waals surface area contributed by atoms with E-state index in [2.05, 4.69) is 17.1 Å². The quantitative estimate of drug-likeness (QED) is 0.839. The second-order valence-corrected chi connectivity index (χ2v) is 5.23. The predicted octanol–water partition coefficient (Wildman–Crippen LogP) is 2.44. The Bertz CT molecular complexity index is 431. The fourth-order valence-corrected chi connectivity index (χ4v) is 2.71. The first-order chi connectivity index (χ1) is 9.76. The van der Waals surface area contributed by atoms with E-state index >= 15 is 0 Å². The molecule has 0 amide bonds. The average molecular weight is 276 g/mol. The van der Waals surface area contributed by atoms with E-state index in [1.807, 2.05) is 24.3 Å². The Morgan fingerprint density at radius 2 is 2.15 bits per heavy atom. The molecule has 1 aromatic carbocycles. The normalized spacial score (nSPS) is 18.9. The van der Waals surface area contributed by atoms with Gasteiger partial charge in [0.05, 0.1) is 12.7 Å². The van der Waals surface area contributed by atoms with Crippen LogP contribution < -0.4 is 10.2 Å². The van der Waals surface area contributed by atoms with E-state index in [-0.39, 0.29) is 5.97 Å². The topological polar surface area (TPSA) is 41.6 Å². The number of piperazine rings is 1. The number of methoxy groups -OCH3 is 1. The molecule has 4 heteroatoms. The van der Waals surface area contributed by atoms with E-state index in [0.717, 1.165) is 19.6 Å². The number of hydrogen-bond donors (Lipinski definition) is 1. The van der Waals surface area contributed by atoms with Gasteiger partial charge < -0.3 is 15.0 Å². The summed E-state index contributed by atoms with van der Waals surface area (Å²) in [6.07, 6.45) is 3.69. The van der Waals surface area contributed by atoms with Crippen LogP contribution in [0.5, 0.6) is 0 Å². The number of ether oxygens (including phenoxy) is 1. The highest BCUT2D eigenvalue weighted by Gasteiger charge is 2.22. The molecule has 0 aromatic heterocycles. The molecule has 0 radical (unpaired) electrons. The Kier molecular flexibility index (Phi) is 5.41. The zero-order valence-electron chi connectivity index (χ0n) is 12.4. The van der Waals surface area contributed by atoms with Crippen LogP contribution in [0.15, 0.2) is 24.3 Å². The van der Waals surface area contributed by atoms with Gasteiger partial charge in [0.1, 0.15) is 0 Å². The molecule has 0 bridgehead atoms. The van der Waals surface area contributed by atoms with Gasteiger partial charge in [0.2, 0.25) is 0 Å². The van der Waals surface area contributed by atoms with Crippen LogP contribution in [-0.2, 0) is 4.74 Å². The van der Waals surface area contributed by atoms with Gasteiger partial charge in [0, 0.05) is 31.4 Å². The van der Waals surface area contributed by atoms with Gasteiger partial charge in [-0.3, -0.25) is 0 Å². The number of unbranched alkanes of at least 4 members (excludes halogenated alkanes) is 1.